The highest BCUT2D eigenvalue weighted by Gasteiger charge is 2.27. The summed E-state index contributed by atoms with van der Waals surface area (Å²) in [5, 5.41) is 0. The van der Waals surface area contributed by atoms with Gasteiger partial charge in [-0.3, -0.25) is 0 Å². The van der Waals surface area contributed by atoms with Crippen LogP contribution in [0.3, 0.4) is 0 Å². The molecule has 0 aromatic carbocycles. The average Bonchev–Trinajstić information content (AvgIpc) is 2.77. The van der Waals surface area contributed by atoms with Crippen LogP contribution >= 0.6 is 0 Å². The molecule has 1 aliphatic heterocycles. The van der Waals surface area contributed by atoms with Crippen molar-refractivity contribution >= 4 is 5.95 Å². The molecule has 1 aliphatic rings. The van der Waals surface area contributed by atoms with Gasteiger partial charge in [0.2, 0.25) is 11.8 Å². The lowest BCUT2D eigenvalue weighted by molar-refractivity contribution is 0.396. The Kier molecular flexibility index (Phi) is 3.47. The van der Waals surface area contributed by atoms with Crippen molar-refractivity contribution < 1.29 is 4.74 Å². The monoisotopic (exact) mass is 236 g/mol. The molecule has 1 saturated heterocycles. The number of aryl methyl sites for hydroxylation is 1. The second-order valence-corrected chi connectivity index (χ2v) is 4.71. The Morgan fingerprint density at radius 1 is 1.53 bits per heavy atom. The fourth-order valence-electron chi connectivity index (χ4n) is 2.17. The summed E-state index contributed by atoms with van der Waals surface area (Å²) >= 11 is 0. The largest absolute Gasteiger partial charge is 0.481 e. The second kappa shape index (κ2) is 4.87. The molecular weight excluding hydrogens is 216 g/mol. The molecule has 94 valence electrons. The maximum Gasteiger partial charge on any atom is 0.228 e. The predicted molar refractivity (Wildman–Crippen MR) is 67.3 cm³/mol. The SMILES string of the molecule is COc1cc(C)nc(N2CCC(C(C)N)C2)n1. The molecular formula is C12H20N4O. The summed E-state index contributed by atoms with van der Waals surface area (Å²) in [7, 11) is 1.63. The summed E-state index contributed by atoms with van der Waals surface area (Å²) in [5.74, 6) is 1.91. The van der Waals surface area contributed by atoms with Crippen molar-refractivity contribution in [2.75, 3.05) is 25.1 Å². The number of rotatable bonds is 3. The summed E-state index contributed by atoms with van der Waals surface area (Å²) in [6, 6.07) is 2.06. The number of ether oxygens (including phenoxy) is 1. The smallest absolute Gasteiger partial charge is 0.228 e. The molecule has 0 amide bonds. The van der Waals surface area contributed by atoms with Gasteiger partial charge in [0.15, 0.2) is 0 Å². The van der Waals surface area contributed by atoms with Crippen LogP contribution in [0.25, 0.3) is 0 Å². The zero-order chi connectivity index (χ0) is 12.4. The van der Waals surface area contributed by atoms with Gasteiger partial charge >= 0.3 is 0 Å². The lowest BCUT2D eigenvalue weighted by atomic mass is 10.0. The van der Waals surface area contributed by atoms with Gasteiger partial charge in [-0.2, -0.15) is 4.98 Å². The number of hydrogen-bond donors (Lipinski definition) is 1. The maximum absolute atomic E-state index is 5.93. The van der Waals surface area contributed by atoms with E-state index in [1.807, 2.05) is 13.0 Å². The zero-order valence-electron chi connectivity index (χ0n) is 10.7. The van der Waals surface area contributed by atoms with E-state index >= 15 is 0 Å². The molecule has 0 radical (unpaired) electrons. The number of nitrogens with zero attached hydrogens (tertiary/aromatic N) is 3. The van der Waals surface area contributed by atoms with Crippen LogP contribution in [0, 0.1) is 12.8 Å². The third-order valence-corrected chi connectivity index (χ3v) is 3.28. The van der Waals surface area contributed by atoms with Gasteiger partial charge in [-0.1, -0.05) is 0 Å². The van der Waals surface area contributed by atoms with Crippen LogP contribution in [0.4, 0.5) is 5.95 Å². The van der Waals surface area contributed by atoms with Crippen LogP contribution in [0.1, 0.15) is 19.0 Å². The minimum Gasteiger partial charge on any atom is -0.481 e. The summed E-state index contributed by atoms with van der Waals surface area (Å²) < 4.78 is 5.17. The molecule has 2 unspecified atom stereocenters. The minimum atomic E-state index is 0.228. The molecule has 0 aliphatic carbocycles. The summed E-state index contributed by atoms with van der Waals surface area (Å²) in [5.41, 5.74) is 6.86. The number of nitrogens with two attached hydrogens (primary N) is 1. The van der Waals surface area contributed by atoms with Crippen LogP contribution < -0.4 is 15.4 Å². The van der Waals surface area contributed by atoms with E-state index in [0.717, 1.165) is 31.2 Å². The fourth-order valence-corrected chi connectivity index (χ4v) is 2.17. The van der Waals surface area contributed by atoms with E-state index in [-0.39, 0.29) is 6.04 Å². The Bertz CT molecular complexity index is 394. The Morgan fingerprint density at radius 2 is 2.29 bits per heavy atom. The van der Waals surface area contributed by atoms with Gasteiger partial charge in [-0.15, -0.1) is 0 Å². The van der Waals surface area contributed by atoms with Gasteiger partial charge < -0.3 is 15.4 Å². The number of methoxy groups -OCH3 is 1. The third kappa shape index (κ3) is 2.66. The first-order chi connectivity index (χ1) is 8.10. The first-order valence-corrected chi connectivity index (χ1v) is 6.00. The Labute approximate surface area is 102 Å². The maximum atomic E-state index is 5.93. The van der Waals surface area contributed by atoms with Gasteiger partial charge in [-0.05, 0) is 26.2 Å². The van der Waals surface area contributed by atoms with Gasteiger partial charge in [0.1, 0.15) is 0 Å². The van der Waals surface area contributed by atoms with Gasteiger partial charge in [-0.25, -0.2) is 4.98 Å². The van der Waals surface area contributed by atoms with E-state index < -0.39 is 0 Å². The predicted octanol–water partition coefficient (Wildman–Crippen LogP) is 0.967. The van der Waals surface area contributed by atoms with Crippen molar-refractivity contribution in [3.05, 3.63) is 11.8 Å². The van der Waals surface area contributed by atoms with E-state index in [4.69, 9.17) is 10.5 Å². The molecule has 2 N–H and O–H groups in total. The molecule has 2 atom stereocenters. The molecule has 2 heterocycles. The highest BCUT2D eigenvalue weighted by Crippen LogP contribution is 2.24. The van der Waals surface area contributed by atoms with Crippen LogP contribution in [-0.4, -0.2) is 36.2 Å². The normalized spacial score (nSPS) is 21.6. The first-order valence-electron chi connectivity index (χ1n) is 6.00. The Balaban J connectivity index is 2.15. The van der Waals surface area contributed by atoms with Crippen molar-refractivity contribution in [2.24, 2.45) is 11.7 Å². The Hall–Kier alpha value is -1.36. The quantitative estimate of drug-likeness (QED) is 0.847. The summed E-state index contributed by atoms with van der Waals surface area (Å²) in [4.78, 5) is 11.0. The van der Waals surface area contributed by atoms with E-state index in [0.29, 0.717) is 11.8 Å². The molecule has 0 spiro atoms. The standard InChI is InChI=1S/C12H20N4O/c1-8-6-11(17-3)15-12(14-8)16-5-4-10(7-16)9(2)13/h6,9-10H,4-5,7,13H2,1-3H3. The molecule has 17 heavy (non-hydrogen) atoms. The van der Waals surface area contributed by atoms with E-state index in [1.165, 1.54) is 0 Å². The van der Waals surface area contributed by atoms with Crippen LogP contribution in [0.2, 0.25) is 0 Å². The molecule has 5 heteroatoms. The van der Waals surface area contributed by atoms with E-state index in [2.05, 4.69) is 21.8 Å². The molecule has 2 rings (SSSR count). The summed E-state index contributed by atoms with van der Waals surface area (Å²) in [6.45, 7) is 5.92. The van der Waals surface area contributed by atoms with Crippen LogP contribution in [-0.2, 0) is 0 Å². The van der Waals surface area contributed by atoms with Gasteiger partial charge in [0.05, 0.1) is 7.11 Å². The summed E-state index contributed by atoms with van der Waals surface area (Å²) in [6.07, 6.45) is 1.11. The number of aromatic nitrogens is 2. The molecule has 0 bridgehead atoms. The average molecular weight is 236 g/mol. The number of hydrogen-bond acceptors (Lipinski definition) is 5. The fraction of sp³-hybridized carbons (Fsp3) is 0.667. The molecule has 5 nitrogen and oxygen atoms in total. The first kappa shape index (κ1) is 12.1. The zero-order valence-corrected chi connectivity index (χ0v) is 10.7. The molecule has 1 aromatic heterocycles. The number of anilines is 1. The third-order valence-electron chi connectivity index (χ3n) is 3.28. The van der Waals surface area contributed by atoms with Gasteiger partial charge in [0.25, 0.3) is 0 Å². The minimum absolute atomic E-state index is 0.228. The molecule has 1 aromatic rings. The Morgan fingerprint density at radius 3 is 2.88 bits per heavy atom. The lowest BCUT2D eigenvalue weighted by Gasteiger charge is -2.18. The van der Waals surface area contributed by atoms with Crippen molar-refractivity contribution in [1.29, 1.82) is 0 Å². The highest BCUT2D eigenvalue weighted by atomic mass is 16.5. The van der Waals surface area contributed by atoms with Crippen molar-refractivity contribution in [3.8, 4) is 5.88 Å². The van der Waals surface area contributed by atoms with Crippen LogP contribution in [0.15, 0.2) is 6.07 Å². The van der Waals surface area contributed by atoms with Crippen molar-refractivity contribution in [2.45, 2.75) is 26.3 Å². The van der Waals surface area contributed by atoms with Crippen molar-refractivity contribution in [1.82, 2.24) is 9.97 Å². The highest BCUT2D eigenvalue weighted by molar-refractivity contribution is 5.35. The van der Waals surface area contributed by atoms with Crippen LogP contribution in [0.5, 0.6) is 5.88 Å². The second-order valence-electron chi connectivity index (χ2n) is 4.71. The molecule has 0 saturated carbocycles. The van der Waals surface area contributed by atoms with E-state index in [1.54, 1.807) is 7.11 Å². The lowest BCUT2D eigenvalue weighted by Crippen LogP contribution is -2.30. The van der Waals surface area contributed by atoms with Crippen molar-refractivity contribution in [3.63, 3.8) is 0 Å². The van der Waals surface area contributed by atoms with E-state index in [9.17, 15) is 0 Å². The topological polar surface area (TPSA) is 64.3 Å². The van der Waals surface area contributed by atoms with Gasteiger partial charge in [0, 0.05) is 30.9 Å². The molecule has 1 fully saturated rings.